The van der Waals surface area contributed by atoms with Crippen LogP contribution in [0.25, 0.3) is 0 Å². The van der Waals surface area contributed by atoms with Crippen LogP contribution in [-0.4, -0.2) is 42.5 Å². The predicted octanol–water partition coefficient (Wildman–Crippen LogP) is -0.831. The molecule has 0 aliphatic carbocycles. The molecule has 1 unspecified atom stereocenters. The molecule has 0 rings (SSSR count). The Hall–Kier alpha value is -0.970. The fraction of sp³-hybridized carbons (Fsp3) is 0.571. The normalized spacial score (nSPS) is 14.4. The number of hydrogen-bond donors (Lipinski definition) is 3. The van der Waals surface area contributed by atoms with Gasteiger partial charge in [-0.15, -0.1) is 0 Å². The third-order valence-corrected chi connectivity index (χ3v) is 5.16. The van der Waals surface area contributed by atoms with E-state index in [9.17, 15) is 21.6 Å². The van der Waals surface area contributed by atoms with E-state index in [0.29, 0.717) is 0 Å². The van der Waals surface area contributed by atoms with Crippen molar-refractivity contribution < 1.29 is 30.7 Å². The summed E-state index contributed by atoms with van der Waals surface area (Å²) in [7, 11) is -10.1. The fourth-order valence-corrected chi connectivity index (χ4v) is 3.75. The van der Waals surface area contributed by atoms with Gasteiger partial charge in [-0.1, -0.05) is 13.5 Å². The molecule has 100 valence electrons. The summed E-state index contributed by atoms with van der Waals surface area (Å²) in [6.45, 7) is 4.47. The molecule has 0 aliphatic heterocycles. The zero-order valence-electron chi connectivity index (χ0n) is 8.90. The molecule has 0 fully saturated rings. The van der Waals surface area contributed by atoms with Gasteiger partial charge in [0, 0.05) is 0 Å². The van der Waals surface area contributed by atoms with E-state index in [2.05, 4.69) is 6.58 Å². The SMILES string of the molecule is C=CC(=O)NC(CC)C(S(=O)(=O)O)S(=O)(=O)O. The van der Waals surface area contributed by atoms with Crippen LogP contribution >= 0.6 is 0 Å². The molecule has 0 aromatic rings. The van der Waals surface area contributed by atoms with Gasteiger partial charge >= 0.3 is 0 Å². The zero-order chi connectivity index (χ0) is 13.9. The van der Waals surface area contributed by atoms with Gasteiger partial charge in [0.2, 0.25) is 10.5 Å². The second-order valence-electron chi connectivity index (χ2n) is 3.13. The second-order valence-corrected chi connectivity index (χ2v) is 6.50. The summed E-state index contributed by atoms with van der Waals surface area (Å²) in [6, 6.07) is -1.48. The highest BCUT2D eigenvalue weighted by Gasteiger charge is 2.42. The van der Waals surface area contributed by atoms with Crippen molar-refractivity contribution in [1.29, 1.82) is 0 Å². The summed E-state index contributed by atoms with van der Waals surface area (Å²) < 4.78 is 58.5. The Morgan fingerprint density at radius 3 is 1.94 bits per heavy atom. The highest BCUT2D eigenvalue weighted by molar-refractivity contribution is 8.04. The Bertz CT molecular complexity index is 460. The summed E-state index contributed by atoms with van der Waals surface area (Å²) in [5.41, 5.74) is 0. The number of amides is 1. The maximum atomic E-state index is 11.0. The lowest BCUT2D eigenvalue weighted by molar-refractivity contribution is -0.117. The predicted molar refractivity (Wildman–Crippen MR) is 59.3 cm³/mol. The van der Waals surface area contributed by atoms with Gasteiger partial charge in [0.05, 0.1) is 6.04 Å². The number of carbonyl (C=O) groups is 1. The standard InChI is InChI=1S/C7H13NO7S2/c1-3-5(8-6(9)4-2)7(16(10,11)12)17(13,14)15/h4-5,7H,2-3H2,1H3,(H,8,9)(H,10,11,12)(H,13,14,15). The van der Waals surface area contributed by atoms with Crippen LogP contribution in [0.3, 0.4) is 0 Å². The molecule has 0 aromatic carbocycles. The van der Waals surface area contributed by atoms with E-state index >= 15 is 0 Å². The van der Waals surface area contributed by atoms with Gasteiger partial charge in [0.25, 0.3) is 20.2 Å². The highest BCUT2D eigenvalue weighted by atomic mass is 32.3. The molecule has 0 radical (unpaired) electrons. The lowest BCUT2D eigenvalue weighted by Crippen LogP contribution is -2.49. The minimum Gasteiger partial charge on any atom is -0.347 e. The number of nitrogens with one attached hydrogen (secondary N) is 1. The molecular weight excluding hydrogens is 274 g/mol. The summed E-state index contributed by atoms with van der Waals surface area (Å²) in [5.74, 6) is -0.825. The Morgan fingerprint density at radius 2 is 1.71 bits per heavy atom. The first-order valence-corrected chi connectivity index (χ1v) is 7.40. The van der Waals surface area contributed by atoms with E-state index in [1.807, 2.05) is 5.32 Å². The summed E-state index contributed by atoms with van der Waals surface area (Å²) in [5, 5.41) is 1.99. The van der Waals surface area contributed by atoms with E-state index in [4.69, 9.17) is 9.11 Å². The lowest BCUT2D eigenvalue weighted by Gasteiger charge is -2.21. The largest absolute Gasteiger partial charge is 0.347 e. The molecule has 0 heterocycles. The quantitative estimate of drug-likeness (QED) is 0.428. The van der Waals surface area contributed by atoms with Crippen molar-refractivity contribution in [1.82, 2.24) is 5.32 Å². The zero-order valence-corrected chi connectivity index (χ0v) is 10.5. The van der Waals surface area contributed by atoms with Crippen molar-refractivity contribution in [3.05, 3.63) is 12.7 Å². The molecule has 0 aromatic heterocycles. The van der Waals surface area contributed by atoms with Crippen LogP contribution in [-0.2, 0) is 25.0 Å². The first-order chi connectivity index (χ1) is 7.54. The highest BCUT2D eigenvalue weighted by Crippen LogP contribution is 2.14. The second kappa shape index (κ2) is 5.58. The first kappa shape index (κ1) is 16.0. The van der Waals surface area contributed by atoms with Crippen LogP contribution in [0.4, 0.5) is 0 Å². The van der Waals surface area contributed by atoms with Crippen molar-refractivity contribution in [2.45, 2.75) is 24.0 Å². The molecule has 0 spiro atoms. The molecule has 0 bridgehead atoms. The van der Waals surface area contributed by atoms with Gasteiger partial charge in [-0.3, -0.25) is 13.9 Å². The van der Waals surface area contributed by atoms with Crippen LogP contribution in [0.2, 0.25) is 0 Å². The van der Waals surface area contributed by atoms with Gasteiger partial charge in [-0.25, -0.2) is 0 Å². The van der Waals surface area contributed by atoms with Gasteiger partial charge in [0.15, 0.2) is 0 Å². The summed E-state index contributed by atoms with van der Waals surface area (Å²) in [6.07, 6.45) is 0.664. The molecule has 1 atom stereocenters. The van der Waals surface area contributed by atoms with Gasteiger partial charge in [-0.05, 0) is 12.5 Å². The van der Waals surface area contributed by atoms with Crippen LogP contribution in [0.5, 0.6) is 0 Å². The van der Waals surface area contributed by atoms with Crippen molar-refractivity contribution in [3.63, 3.8) is 0 Å². The minimum atomic E-state index is -5.07. The minimum absolute atomic E-state index is 0.135. The Kier molecular flexibility index (Phi) is 5.26. The van der Waals surface area contributed by atoms with Crippen molar-refractivity contribution >= 4 is 26.1 Å². The van der Waals surface area contributed by atoms with E-state index in [-0.39, 0.29) is 6.42 Å². The number of rotatable bonds is 6. The molecule has 0 saturated heterocycles. The molecule has 17 heavy (non-hydrogen) atoms. The number of carbonyl (C=O) groups excluding carboxylic acids is 1. The third kappa shape index (κ3) is 4.81. The molecular formula is C7H13NO7S2. The van der Waals surface area contributed by atoms with Crippen molar-refractivity contribution in [2.24, 2.45) is 0 Å². The van der Waals surface area contributed by atoms with E-state index in [0.717, 1.165) is 6.08 Å². The van der Waals surface area contributed by atoms with Gasteiger partial charge in [0.1, 0.15) is 0 Å². The lowest BCUT2D eigenvalue weighted by atomic mass is 10.2. The van der Waals surface area contributed by atoms with Crippen LogP contribution < -0.4 is 5.32 Å². The molecule has 8 nitrogen and oxygen atoms in total. The molecule has 0 saturated carbocycles. The third-order valence-electron chi connectivity index (χ3n) is 1.87. The Labute approximate surface area is 99.2 Å². The molecule has 3 N–H and O–H groups in total. The van der Waals surface area contributed by atoms with Gasteiger partial charge in [-0.2, -0.15) is 16.8 Å². The average molecular weight is 287 g/mol. The first-order valence-electron chi connectivity index (χ1n) is 4.39. The molecule has 1 amide bonds. The Morgan fingerprint density at radius 1 is 1.29 bits per heavy atom. The van der Waals surface area contributed by atoms with Gasteiger partial charge < -0.3 is 5.32 Å². The van der Waals surface area contributed by atoms with Crippen molar-refractivity contribution in [2.75, 3.05) is 0 Å². The molecule has 10 heteroatoms. The molecule has 0 aliphatic rings. The van der Waals surface area contributed by atoms with Crippen molar-refractivity contribution in [3.8, 4) is 0 Å². The van der Waals surface area contributed by atoms with E-state index in [1.165, 1.54) is 6.92 Å². The number of hydrogen-bond acceptors (Lipinski definition) is 5. The average Bonchev–Trinajstić information content (AvgIpc) is 2.11. The van der Waals surface area contributed by atoms with Crippen LogP contribution in [0.1, 0.15) is 13.3 Å². The summed E-state index contributed by atoms with van der Waals surface area (Å²) in [4.78, 5) is 11.0. The topological polar surface area (TPSA) is 138 Å². The Balaban J connectivity index is 5.45. The maximum Gasteiger partial charge on any atom is 0.286 e. The fourth-order valence-electron chi connectivity index (χ4n) is 1.17. The van der Waals surface area contributed by atoms with E-state index < -0.39 is 36.8 Å². The van der Waals surface area contributed by atoms with Crippen LogP contribution in [0.15, 0.2) is 12.7 Å². The monoisotopic (exact) mass is 287 g/mol. The van der Waals surface area contributed by atoms with Crippen LogP contribution in [0, 0.1) is 0 Å². The van der Waals surface area contributed by atoms with E-state index in [1.54, 1.807) is 0 Å². The maximum absolute atomic E-state index is 11.0. The smallest absolute Gasteiger partial charge is 0.286 e. The summed E-state index contributed by atoms with van der Waals surface area (Å²) >= 11 is 0.